The largest absolute Gasteiger partial charge is 0.453 e. The van der Waals surface area contributed by atoms with Crippen molar-refractivity contribution < 1.29 is 18.0 Å². The molecule has 3 rings (SSSR count). The summed E-state index contributed by atoms with van der Waals surface area (Å²) >= 11 is 0. The molecule has 7 nitrogen and oxygen atoms in total. The normalized spacial score (nSPS) is 24.6. The number of aromatic nitrogens is 3. The molecule has 1 aliphatic heterocycles. The highest BCUT2D eigenvalue weighted by molar-refractivity contribution is 5.76. The van der Waals surface area contributed by atoms with Gasteiger partial charge < -0.3 is 11.1 Å². The quantitative estimate of drug-likeness (QED) is 0.674. The molecule has 1 amide bonds. The van der Waals surface area contributed by atoms with Gasteiger partial charge in [-0.25, -0.2) is 4.98 Å². The summed E-state index contributed by atoms with van der Waals surface area (Å²) in [6.07, 6.45) is 0.104. The van der Waals surface area contributed by atoms with Crippen molar-refractivity contribution in [2.45, 2.75) is 56.9 Å². The number of hydrogen-bond acceptors (Lipinski definition) is 5. The van der Waals surface area contributed by atoms with Gasteiger partial charge in [0.25, 0.3) is 5.82 Å². The van der Waals surface area contributed by atoms with Gasteiger partial charge in [-0.3, -0.25) is 14.8 Å². The summed E-state index contributed by atoms with van der Waals surface area (Å²) in [7, 11) is 0. The molecule has 0 unspecified atom stereocenters. The molecule has 0 aromatic carbocycles. The van der Waals surface area contributed by atoms with E-state index in [1.54, 1.807) is 0 Å². The maximum Gasteiger partial charge on any atom is 0.453 e. The molecule has 10 heteroatoms. The highest BCUT2D eigenvalue weighted by Gasteiger charge is 2.38. The average molecular weight is 360 g/mol. The van der Waals surface area contributed by atoms with E-state index < -0.39 is 12.0 Å². The van der Waals surface area contributed by atoms with E-state index in [1.807, 2.05) is 0 Å². The molecule has 1 saturated carbocycles. The fourth-order valence-electron chi connectivity index (χ4n) is 3.35. The van der Waals surface area contributed by atoms with E-state index in [2.05, 4.69) is 25.4 Å². The molecule has 2 heterocycles. The van der Waals surface area contributed by atoms with Crippen molar-refractivity contribution in [1.82, 2.24) is 25.4 Å². The van der Waals surface area contributed by atoms with E-state index in [4.69, 9.17) is 5.73 Å². The zero-order valence-corrected chi connectivity index (χ0v) is 13.9. The van der Waals surface area contributed by atoms with Crippen molar-refractivity contribution >= 4 is 5.91 Å². The van der Waals surface area contributed by atoms with Gasteiger partial charge in [0.1, 0.15) is 5.82 Å². The van der Waals surface area contributed by atoms with E-state index in [9.17, 15) is 18.0 Å². The lowest BCUT2D eigenvalue weighted by Crippen LogP contribution is -2.43. The number of alkyl halides is 3. The smallest absolute Gasteiger partial charge is 0.349 e. The predicted octanol–water partition coefficient (Wildman–Crippen LogP) is 1.03. The summed E-state index contributed by atoms with van der Waals surface area (Å²) in [4.78, 5) is 17.8. The highest BCUT2D eigenvalue weighted by atomic mass is 19.4. The fraction of sp³-hybridized carbons (Fsp3) is 0.800. The van der Waals surface area contributed by atoms with Gasteiger partial charge in [-0.1, -0.05) is 0 Å². The van der Waals surface area contributed by atoms with Crippen molar-refractivity contribution in [3.63, 3.8) is 0 Å². The number of rotatable bonds is 7. The highest BCUT2D eigenvalue weighted by Crippen LogP contribution is 2.35. The molecule has 2 fully saturated rings. The van der Waals surface area contributed by atoms with Crippen molar-refractivity contribution in [2.24, 2.45) is 11.7 Å². The van der Waals surface area contributed by atoms with Crippen LogP contribution in [0.1, 0.15) is 43.8 Å². The first-order chi connectivity index (χ1) is 11.9. The van der Waals surface area contributed by atoms with Crippen molar-refractivity contribution in [3.8, 4) is 0 Å². The van der Waals surface area contributed by atoms with Gasteiger partial charge in [0.15, 0.2) is 0 Å². The van der Waals surface area contributed by atoms with E-state index in [0.29, 0.717) is 24.9 Å². The number of nitrogens with one attached hydrogen (secondary N) is 2. The Balaban J connectivity index is 1.49. The van der Waals surface area contributed by atoms with Gasteiger partial charge in [0.05, 0.1) is 6.54 Å². The molecule has 2 aliphatic rings. The Hall–Kier alpha value is -1.68. The first kappa shape index (κ1) is 18.1. The zero-order valence-electron chi connectivity index (χ0n) is 13.9. The van der Waals surface area contributed by atoms with Gasteiger partial charge in [0, 0.05) is 31.6 Å². The van der Waals surface area contributed by atoms with Crippen LogP contribution < -0.4 is 11.1 Å². The van der Waals surface area contributed by atoms with Gasteiger partial charge in [-0.05, 0) is 31.6 Å². The van der Waals surface area contributed by atoms with E-state index in [-0.39, 0.29) is 24.3 Å². The monoisotopic (exact) mass is 360 g/mol. The number of nitrogens with two attached hydrogens (primary N) is 1. The predicted molar refractivity (Wildman–Crippen MR) is 83.1 cm³/mol. The maximum atomic E-state index is 12.4. The number of aromatic amines is 1. The Morgan fingerprint density at radius 2 is 2.00 bits per heavy atom. The van der Waals surface area contributed by atoms with Crippen LogP contribution in [-0.4, -0.2) is 51.2 Å². The summed E-state index contributed by atoms with van der Waals surface area (Å²) in [5.74, 6) is -0.725. The Morgan fingerprint density at radius 1 is 1.28 bits per heavy atom. The lowest BCUT2D eigenvalue weighted by molar-refractivity contribution is -0.144. The van der Waals surface area contributed by atoms with Crippen LogP contribution in [-0.2, 0) is 17.5 Å². The number of carbonyl (C=O) groups excluding carboxylic acids is 1. The maximum absolute atomic E-state index is 12.4. The molecule has 1 aliphatic carbocycles. The number of likely N-dealkylation sites (tertiary alicyclic amines) is 1. The van der Waals surface area contributed by atoms with Crippen LogP contribution in [0.25, 0.3) is 0 Å². The number of H-pyrrole nitrogens is 1. The van der Waals surface area contributed by atoms with E-state index in [1.165, 1.54) is 12.8 Å². The number of halogens is 3. The number of hydrogen-bond donors (Lipinski definition) is 3. The zero-order chi connectivity index (χ0) is 18.0. The molecule has 1 aromatic rings. The van der Waals surface area contributed by atoms with Gasteiger partial charge in [-0.15, -0.1) is 5.10 Å². The first-order valence-electron chi connectivity index (χ1n) is 8.57. The molecule has 1 aromatic heterocycles. The molecule has 0 bridgehead atoms. The molecular formula is C15H23F3N6O. The topological polar surface area (TPSA) is 99.9 Å². The summed E-state index contributed by atoms with van der Waals surface area (Å²) in [5, 5.41) is 7.92. The van der Waals surface area contributed by atoms with Gasteiger partial charge in [-0.2, -0.15) is 13.2 Å². The second-order valence-electron chi connectivity index (χ2n) is 6.85. The Morgan fingerprint density at radius 3 is 2.60 bits per heavy atom. The van der Waals surface area contributed by atoms with Crippen LogP contribution in [0.3, 0.4) is 0 Å². The third-order valence-corrected chi connectivity index (χ3v) is 4.87. The molecule has 4 N–H and O–H groups in total. The van der Waals surface area contributed by atoms with Crippen LogP contribution in [0.15, 0.2) is 0 Å². The van der Waals surface area contributed by atoms with Crippen molar-refractivity contribution in [1.29, 1.82) is 0 Å². The van der Waals surface area contributed by atoms with E-state index in [0.717, 1.165) is 19.4 Å². The lowest BCUT2D eigenvalue weighted by atomic mass is 10.1. The molecule has 140 valence electrons. The molecule has 1 saturated heterocycles. The minimum atomic E-state index is -4.59. The number of nitrogens with zero attached hydrogens (tertiary/aromatic N) is 3. The molecule has 0 spiro atoms. The van der Waals surface area contributed by atoms with Crippen molar-refractivity contribution in [3.05, 3.63) is 11.6 Å². The minimum Gasteiger partial charge on any atom is -0.349 e. The molecule has 25 heavy (non-hydrogen) atoms. The SMILES string of the molecule is NC[C@H]1CC[C@@H](CC(=O)NCc2nc(C(F)(F)F)n[nH]2)N1CC1CC1. The minimum absolute atomic E-state index is 0.0123. The van der Waals surface area contributed by atoms with Gasteiger partial charge in [0.2, 0.25) is 5.91 Å². The summed E-state index contributed by atoms with van der Waals surface area (Å²) in [6.45, 7) is 1.47. The lowest BCUT2D eigenvalue weighted by Gasteiger charge is -2.29. The van der Waals surface area contributed by atoms with Crippen LogP contribution in [0, 0.1) is 5.92 Å². The summed E-state index contributed by atoms with van der Waals surface area (Å²) < 4.78 is 37.3. The van der Waals surface area contributed by atoms with Crippen molar-refractivity contribution in [2.75, 3.05) is 13.1 Å². The summed E-state index contributed by atoms with van der Waals surface area (Å²) in [6, 6.07) is 0.469. The number of carbonyl (C=O) groups is 1. The second-order valence-corrected chi connectivity index (χ2v) is 6.85. The summed E-state index contributed by atoms with van der Waals surface area (Å²) in [5.41, 5.74) is 5.83. The third-order valence-electron chi connectivity index (χ3n) is 4.87. The van der Waals surface area contributed by atoms with E-state index >= 15 is 0 Å². The molecule has 0 radical (unpaired) electrons. The van der Waals surface area contributed by atoms with Crippen LogP contribution in [0.2, 0.25) is 0 Å². The fourth-order valence-corrected chi connectivity index (χ4v) is 3.35. The van der Waals surface area contributed by atoms with Crippen LogP contribution >= 0.6 is 0 Å². The van der Waals surface area contributed by atoms with Crippen LogP contribution in [0.4, 0.5) is 13.2 Å². The second kappa shape index (κ2) is 7.28. The number of amides is 1. The Labute approximate surface area is 143 Å². The third kappa shape index (κ3) is 4.69. The van der Waals surface area contributed by atoms with Crippen LogP contribution in [0.5, 0.6) is 0 Å². The average Bonchev–Trinajstić information content (AvgIpc) is 3.08. The Bertz CT molecular complexity index is 600. The standard InChI is InChI=1S/C15H23F3N6O/c16-15(17,18)14-21-12(22-23-14)7-20-13(25)5-10-3-4-11(6-19)24(10)8-9-1-2-9/h9-11H,1-8,19H2,(H,20,25)(H,21,22,23)/t10-,11+/m0/s1. The first-order valence-corrected chi connectivity index (χ1v) is 8.57. The molecule has 2 atom stereocenters. The Kier molecular flexibility index (Phi) is 5.28. The molecular weight excluding hydrogens is 337 g/mol. The van der Waals surface area contributed by atoms with Gasteiger partial charge >= 0.3 is 6.18 Å².